The lowest BCUT2D eigenvalue weighted by Gasteiger charge is -2.36. The predicted octanol–water partition coefficient (Wildman–Crippen LogP) is 3.29. The molecule has 1 aliphatic heterocycles. The van der Waals surface area contributed by atoms with Crippen LogP contribution in [-0.2, 0) is 22.4 Å². The molecule has 178 valence electrons. The second-order valence-corrected chi connectivity index (χ2v) is 10.9. The molecule has 5 heteroatoms. The number of carbonyl (C=O) groups excluding carboxylic acids is 2. The van der Waals surface area contributed by atoms with Gasteiger partial charge in [0.25, 0.3) is 0 Å². The van der Waals surface area contributed by atoms with Crippen LogP contribution >= 0.6 is 0 Å². The van der Waals surface area contributed by atoms with E-state index in [9.17, 15) is 9.59 Å². The first-order chi connectivity index (χ1) is 16.7. The van der Waals surface area contributed by atoms with E-state index in [1.165, 1.54) is 42.4 Å². The van der Waals surface area contributed by atoms with Crippen LogP contribution in [0.25, 0.3) is 0 Å². The summed E-state index contributed by atoms with van der Waals surface area (Å²) in [5, 5.41) is 6.01. The maximum absolute atomic E-state index is 12.7. The lowest BCUT2D eigenvalue weighted by molar-refractivity contribution is -0.127. The van der Waals surface area contributed by atoms with E-state index in [-0.39, 0.29) is 30.3 Å². The minimum atomic E-state index is -0.0752. The maximum atomic E-state index is 12.7. The Morgan fingerprint density at radius 3 is 2.09 bits per heavy atom. The Morgan fingerprint density at radius 1 is 0.824 bits per heavy atom. The molecule has 2 aromatic rings. The number of hydrogen-bond donors (Lipinski definition) is 2. The third-order valence-electron chi connectivity index (χ3n) is 8.85. The van der Waals surface area contributed by atoms with E-state index in [4.69, 9.17) is 0 Å². The summed E-state index contributed by atoms with van der Waals surface area (Å²) in [5.41, 5.74) is 4.13. The highest BCUT2D eigenvalue weighted by molar-refractivity contribution is 5.88. The van der Waals surface area contributed by atoms with Crippen molar-refractivity contribution < 1.29 is 9.59 Å². The molecular formula is C29H35N3O2. The van der Waals surface area contributed by atoms with Crippen molar-refractivity contribution in [1.29, 1.82) is 0 Å². The fourth-order valence-corrected chi connectivity index (χ4v) is 6.97. The van der Waals surface area contributed by atoms with Crippen molar-refractivity contribution in [2.45, 2.75) is 56.5 Å². The molecule has 0 spiro atoms. The summed E-state index contributed by atoms with van der Waals surface area (Å²) in [7, 11) is 0. The van der Waals surface area contributed by atoms with Gasteiger partial charge in [0.15, 0.2) is 0 Å². The topological polar surface area (TPSA) is 61.4 Å². The SMILES string of the molecule is O=C(CNC(=O)C1[C@H]2CN(C3CCC(c4ccccc4)CC3)C[C@@H]12)NC1Cc2ccccc2C1. The highest BCUT2D eigenvalue weighted by Gasteiger charge is 2.60. The highest BCUT2D eigenvalue weighted by atomic mass is 16.2. The summed E-state index contributed by atoms with van der Waals surface area (Å²) >= 11 is 0. The zero-order chi connectivity index (χ0) is 23.1. The first-order valence-corrected chi connectivity index (χ1v) is 13.1. The molecule has 2 amide bonds. The number of nitrogens with one attached hydrogen (secondary N) is 2. The predicted molar refractivity (Wildman–Crippen MR) is 132 cm³/mol. The fraction of sp³-hybridized carbons (Fsp3) is 0.517. The number of benzene rings is 2. The van der Waals surface area contributed by atoms with E-state index in [0.29, 0.717) is 23.8 Å². The van der Waals surface area contributed by atoms with E-state index in [1.807, 2.05) is 12.1 Å². The Morgan fingerprint density at radius 2 is 1.44 bits per heavy atom. The molecule has 4 aliphatic rings. The van der Waals surface area contributed by atoms with Gasteiger partial charge >= 0.3 is 0 Å². The summed E-state index contributed by atoms with van der Waals surface area (Å²) in [6.07, 6.45) is 6.83. The van der Waals surface area contributed by atoms with E-state index in [2.05, 4.69) is 58.0 Å². The lowest BCUT2D eigenvalue weighted by Crippen LogP contribution is -2.44. The van der Waals surface area contributed by atoms with Gasteiger partial charge in [0, 0.05) is 31.1 Å². The molecule has 0 bridgehead atoms. The maximum Gasteiger partial charge on any atom is 0.239 e. The second-order valence-electron chi connectivity index (χ2n) is 10.9. The third-order valence-corrected chi connectivity index (χ3v) is 8.85. The van der Waals surface area contributed by atoms with Gasteiger partial charge in [0.1, 0.15) is 0 Å². The molecule has 5 nitrogen and oxygen atoms in total. The molecule has 1 unspecified atom stereocenters. The van der Waals surface area contributed by atoms with Gasteiger partial charge in [-0.3, -0.25) is 14.5 Å². The van der Waals surface area contributed by atoms with E-state index < -0.39 is 0 Å². The van der Waals surface area contributed by atoms with Crippen molar-refractivity contribution >= 4 is 11.8 Å². The standard InChI is InChI=1S/C29H35N3O2/c33-27(31-23-14-21-8-4-5-9-22(21)15-23)16-30-29(34)28-25-17-32(18-26(25)28)24-12-10-20(11-13-24)19-6-2-1-3-7-19/h1-9,20,23-26,28H,10-18H2,(H,30,34)(H,31,33)/t20?,24?,25-,26+,28?. The average molecular weight is 458 g/mol. The van der Waals surface area contributed by atoms with E-state index in [0.717, 1.165) is 25.9 Å². The van der Waals surface area contributed by atoms with Crippen molar-refractivity contribution in [2.24, 2.45) is 17.8 Å². The Kier molecular flexibility index (Phi) is 5.90. The molecule has 0 radical (unpaired) electrons. The normalized spacial score (nSPS) is 30.4. The molecular weight excluding hydrogens is 422 g/mol. The molecule has 6 rings (SSSR count). The molecule has 3 fully saturated rings. The van der Waals surface area contributed by atoms with Crippen molar-refractivity contribution in [3.8, 4) is 0 Å². The first-order valence-electron chi connectivity index (χ1n) is 13.1. The Bertz CT molecular complexity index is 1010. The van der Waals surface area contributed by atoms with E-state index >= 15 is 0 Å². The average Bonchev–Trinajstić information content (AvgIpc) is 3.18. The molecule has 1 saturated heterocycles. The lowest BCUT2D eigenvalue weighted by atomic mass is 9.81. The number of likely N-dealkylation sites (tertiary alicyclic amines) is 1. The number of nitrogens with zero attached hydrogens (tertiary/aromatic N) is 1. The summed E-state index contributed by atoms with van der Waals surface area (Å²) < 4.78 is 0. The quantitative estimate of drug-likeness (QED) is 0.700. The molecule has 34 heavy (non-hydrogen) atoms. The third kappa shape index (κ3) is 4.38. The number of piperidine rings is 1. The summed E-state index contributed by atoms with van der Waals surface area (Å²) in [4.78, 5) is 27.8. The van der Waals surface area contributed by atoms with Gasteiger partial charge in [-0.25, -0.2) is 0 Å². The van der Waals surface area contributed by atoms with Gasteiger partial charge in [-0.05, 0) is 73.0 Å². The van der Waals surface area contributed by atoms with Crippen LogP contribution in [0, 0.1) is 17.8 Å². The minimum absolute atomic E-state index is 0.0752. The Hall–Kier alpha value is -2.66. The Balaban J connectivity index is 0.908. The monoisotopic (exact) mass is 457 g/mol. The zero-order valence-corrected chi connectivity index (χ0v) is 19.8. The van der Waals surface area contributed by atoms with Crippen LogP contribution in [0.1, 0.15) is 48.3 Å². The molecule has 3 atom stereocenters. The van der Waals surface area contributed by atoms with Gasteiger partial charge in [-0.1, -0.05) is 54.6 Å². The molecule has 1 heterocycles. The number of carbonyl (C=O) groups is 2. The first kappa shape index (κ1) is 21.8. The van der Waals surface area contributed by atoms with Crippen LogP contribution in [0.2, 0.25) is 0 Å². The number of hydrogen-bond acceptors (Lipinski definition) is 3. The molecule has 2 N–H and O–H groups in total. The molecule has 2 saturated carbocycles. The van der Waals surface area contributed by atoms with Crippen LogP contribution in [0.3, 0.4) is 0 Å². The van der Waals surface area contributed by atoms with Crippen LogP contribution < -0.4 is 10.6 Å². The van der Waals surface area contributed by atoms with Crippen LogP contribution in [0.5, 0.6) is 0 Å². The number of fused-ring (bicyclic) bond motifs is 2. The van der Waals surface area contributed by atoms with E-state index in [1.54, 1.807) is 0 Å². The second kappa shape index (κ2) is 9.18. The number of rotatable bonds is 6. The summed E-state index contributed by atoms with van der Waals surface area (Å²) in [6.45, 7) is 2.20. The zero-order valence-electron chi connectivity index (χ0n) is 19.8. The van der Waals surface area contributed by atoms with Gasteiger partial charge in [0.05, 0.1) is 6.54 Å². The minimum Gasteiger partial charge on any atom is -0.351 e. The van der Waals surface area contributed by atoms with Gasteiger partial charge in [-0.2, -0.15) is 0 Å². The smallest absolute Gasteiger partial charge is 0.239 e. The highest BCUT2D eigenvalue weighted by Crippen LogP contribution is 2.53. The summed E-state index contributed by atoms with van der Waals surface area (Å²) in [5.74, 6) is 1.79. The van der Waals surface area contributed by atoms with Gasteiger partial charge in [0.2, 0.25) is 11.8 Å². The Labute approximate surface area is 202 Å². The van der Waals surface area contributed by atoms with Crippen LogP contribution in [-0.4, -0.2) is 48.4 Å². The van der Waals surface area contributed by atoms with Crippen LogP contribution in [0.4, 0.5) is 0 Å². The van der Waals surface area contributed by atoms with Gasteiger partial charge < -0.3 is 10.6 Å². The van der Waals surface area contributed by atoms with Gasteiger partial charge in [-0.15, -0.1) is 0 Å². The van der Waals surface area contributed by atoms with Crippen molar-refractivity contribution in [2.75, 3.05) is 19.6 Å². The van der Waals surface area contributed by atoms with Crippen molar-refractivity contribution in [3.05, 3.63) is 71.3 Å². The van der Waals surface area contributed by atoms with Crippen molar-refractivity contribution in [1.82, 2.24) is 15.5 Å². The van der Waals surface area contributed by atoms with Crippen LogP contribution in [0.15, 0.2) is 54.6 Å². The largest absolute Gasteiger partial charge is 0.351 e. The summed E-state index contributed by atoms with van der Waals surface area (Å²) in [6, 6.07) is 20.1. The fourth-order valence-electron chi connectivity index (χ4n) is 6.97. The molecule has 0 aromatic heterocycles. The van der Waals surface area contributed by atoms with Crippen molar-refractivity contribution in [3.63, 3.8) is 0 Å². The molecule has 2 aromatic carbocycles. The number of amides is 2. The molecule has 3 aliphatic carbocycles.